The average Bonchev–Trinajstić information content (AvgIpc) is 2.91. The minimum atomic E-state index is 1.13. The third-order valence-electron chi connectivity index (χ3n) is 5.44. The number of aryl methyl sites for hydroxylation is 3. The first kappa shape index (κ1) is 18.0. The predicted molar refractivity (Wildman–Crippen MR) is 111 cm³/mol. The Hall–Kier alpha value is -1.80. The van der Waals surface area contributed by atoms with Gasteiger partial charge in [-0.1, -0.05) is 38.1 Å². The maximum Gasteiger partial charge on any atom is 0.0521 e. The second-order valence-corrected chi connectivity index (χ2v) is 7.38. The molecule has 25 heavy (non-hydrogen) atoms. The van der Waals surface area contributed by atoms with Crippen LogP contribution in [0.5, 0.6) is 0 Å². The Labute approximate surface area is 152 Å². The molecular formula is C23H32N2. The van der Waals surface area contributed by atoms with Crippen LogP contribution in [0, 0.1) is 13.8 Å². The summed E-state index contributed by atoms with van der Waals surface area (Å²) in [6.07, 6.45) is 3.59. The normalized spacial score (nSPS) is 11.9. The molecule has 0 aliphatic heterocycles. The number of hydrogen-bond donors (Lipinski definition) is 0. The van der Waals surface area contributed by atoms with E-state index >= 15 is 0 Å². The van der Waals surface area contributed by atoms with Gasteiger partial charge in [-0.25, -0.2) is 0 Å². The molecule has 0 saturated heterocycles. The molecule has 0 fully saturated rings. The van der Waals surface area contributed by atoms with Crippen molar-refractivity contribution in [2.75, 3.05) is 19.6 Å². The summed E-state index contributed by atoms with van der Waals surface area (Å²) in [4.78, 5) is 2.61. The second-order valence-electron chi connectivity index (χ2n) is 7.38. The third kappa shape index (κ3) is 3.32. The summed E-state index contributed by atoms with van der Waals surface area (Å²) in [5.41, 5.74) is 7.00. The van der Waals surface area contributed by atoms with E-state index in [1.807, 2.05) is 0 Å². The van der Waals surface area contributed by atoms with Crippen molar-refractivity contribution in [3.63, 3.8) is 0 Å². The molecule has 2 nitrogen and oxygen atoms in total. The van der Waals surface area contributed by atoms with Crippen LogP contribution in [0.15, 0.2) is 30.3 Å². The summed E-state index contributed by atoms with van der Waals surface area (Å²) >= 11 is 0. The number of rotatable bonds is 7. The van der Waals surface area contributed by atoms with Crippen LogP contribution in [0.3, 0.4) is 0 Å². The molecule has 0 amide bonds. The number of aromatic nitrogens is 1. The minimum Gasteiger partial charge on any atom is -0.343 e. The van der Waals surface area contributed by atoms with Gasteiger partial charge < -0.3 is 9.47 Å². The second kappa shape index (κ2) is 7.61. The Morgan fingerprint density at radius 3 is 2.20 bits per heavy atom. The predicted octanol–water partition coefficient (Wildman–Crippen LogP) is 5.61. The van der Waals surface area contributed by atoms with Crippen molar-refractivity contribution in [3.8, 4) is 0 Å². The summed E-state index contributed by atoms with van der Waals surface area (Å²) in [6.45, 7) is 12.6. The van der Waals surface area contributed by atoms with Crippen molar-refractivity contribution >= 4 is 21.8 Å². The highest BCUT2D eigenvalue weighted by Crippen LogP contribution is 2.35. The van der Waals surface area contributed by atoms with Gasteiger partial charge in [-0.2, -0.15) is 0 Å². The third-order valence-corrected chi connectivity index (χ3v) is 5.44. The molecule has 0 N–H and O–H groups in total. The van der Waals surface area contributed by atoms with Gasteiger partial charge in [0.2, 0.25) is 0 Å². The zero-order valence-electron chi connectivity index (χ0n) is 16.5. The molecule has 0 radical (unpaired) electrons. The molecular weight excluding hydrogens is 304 g/mol. The fourth-order valence-corrected chi connectivity index (χ4v) is 4.27. The first-order chi connectivity index (χ1) is 12.1. The van der Waals surface area contributed by atoms with Gasteiger partial charge in [0.25, 0.3) is 0 Å². The van der Waals surface area contributed by atoms with E-state index in [-0.39, 0.29) is 0 Å². The van der Waals surface area contributed by atoms with Crippen molar-refractivity contribution < 1.29 is 0 Å². The smallest absolute Gasteiger partial charge is 0.0521 e. The Morgan fingerprint density at radius 2 is 1.52 bits per heavy atom. The van der Waals surface area contributed by atoms with Gasteiger partial charge in [-0.3, -0.25) is 0 Å². The van der Waals surface area contributed by atoms with Gasteiger partial charge in [0.1, 0.15) is 0 Å². The van der Waals surface area contributed by atoms with Crippen molar-refractivity contribution in [2.24, 2.45) is 7.05 Å². The Balaban J connectivity index is 2.07. The molecule has 0 spiro atoms. The number of benzene rings is 2. The molecule has 1 heterocycles. The molecule has 0 aliphatic carbocycles. The Morgan fingerprint density at radius 1 is 0.840 bits per heavy atom. The topological polar surface area (TPSA) is 8.17 Å². The highest BCUT2D eigenvalue weighted by atomic mass is 15.1. The van der Waals surface area contributed by atoms with Gasteiger partial charge >= 0.3 is 0 Å². The summed E-state index contributed by atoms with van der Waals surface area (Å²) in [6, 6.07) is 11.4. The first-order valence-electron chi connectivity index (χ1n) is 9.77. The van der Waals surface area contributed by atoms with Crippen LogP contribution >= 0.6 is 0 Å². The molecule has 0 aliphatic rings. The van der Waals surface area contributed by atoms with Crippen LogP contribution in [0.4, 0.5) is 0 Å². The van der Waals surface area contributed by atoms with Crippen molar-refractivity contribution in [3.05, 3.63) is 47.0 Å². The van der Waals surface area contributed by atoms with Crippen LogP contribution < -0.4 is 0 Å². The average molecular weight is 337 g/mol. The van der Waals surface area contributed by atoms with E-state index in [9.17, 15) is 0 Å². The monoisotopic (exact) mass is 336 g/mol. The molecule has 0 bridgehead atoms. The first-order valence-corrected chi connectivity index (χ1v) is 9.77. The fraction of sp³-hybridized carbons (Fsp3) is 0.478. The van der Waals surface area contributed by atoms with E-state index in [0.717, 1.165) is 13.0 Å². The summed E-state index contributed by atoms with van der Waals surface area (Å²) < 4.78 is 2.38. The largest absolute Gasteiger partial charge is 0.343 e. The van der Waals surface area contributed by atoms with Crippen LogP contribution in [0.2, 0.25) is 0 Å². The number of hydrogen-bond acceptors (Lipinski definition) is 1. The number of fused-ring (bicyclic) bond motifs is 3. The SMILES string of the molecule is CCCN(CCC)CCc1cccc2c1c1c(C)ccc(C)c1n2C. The summed E-state index contributed by atoms with van der Waals surface area (Å²) in [7, 11) is 2.21. The molecule has 3 rings (SSSR count). The van der Waals surface area contributed by atoms with E-state index in [1.165, 1.54) is 64.4 Å². The molecule has 1 aromatic heterocycles. The summed E-state index contributed by atoms with van der Waals surface area (Å²) in [5, 5.41) is 2.92. The molecule has 0 saturated carbocycles. The van der Waals surface area contributed by atoms with E-state index < -0.39 is 0 Å². The van der Waals surface area contributed by atoms with Crippen LogP contribution in [-0.2, 0) is 13.5 Å². The van der Waals surface area contributed by atoms with Gasteiger partial charge in [0.15, 0.2) is 0 Å². The fourth-order valence-electron chi connectivity index (χ4n) is 4.27. The molecule has 0 atom stereocenters. The van der Waals surface area contributed by atoms with Crippen molar-refractivity contribution in [2.45, 2.75) is 47.0 Å². The molecule has 0 unspecified atom stereocenters. The number of nitrogens with zero attached hydrogens (tertiary/aromatic N) is 2. The lowest BCUT2D eigenvalue weighted by Gasteiger charge is -2.21. The lowest BCUT2D eigenvalue weighted by Crippen LogP contribution is -2.27. The van der Waals surface area contributed by atoms with Crippen molar-refractivity contribution in [1.82, 2.24) is 9.47 Å². The quantitative estimate of drug-likeness (QED) is 0.544. The van der Waals surface area contributed by atoms with Crippen LogP contribution in [0.1, 0.15) is 43.4 Å². The van der Waals surface area contributed by atoms with E-state index in [0.29, 0.717) is 0 Å². The molecule has 3 aromatic rings. The van der Waals surface area contributed by atoms with E-state index in [4.69, 9.17) is 0 Å². The van der Waals surface area contributed by atoms with E-state index in [1.54, 1.807) is 0 Å². The van der Waals surface area contributed by atoms with Gasteiger partial charge in [0, 0.05) is 29.9 Å². The molecule has 134 valence electrons. The Bertz CT molecular complexity index is 867. The standard InChI is InChI=1S/C23H32N2/c1-6-14-25(15-7-2)16-13-19-9-8-10-20-22(19)21-17(3)11-12-18(4)23(21)24(20)5/h8-12H,6-7,13-16H2,1-5H3. The maximum absolute atomic E-state index is 2.61. The van der Waals surface area contributed by atoms with Gasteiger partial charge in [-0.15, -0.1) is 0 Å². The maximum atomic E-state index is 2.61. The molecule has 2 aromatic carbocycles. The van der Waals surface area contributed by atoms with Gasteiger partial charge in [-0.05, 0) is 69.0 Å². The lowest BCUT2D eigenvalue weighted by molar-refractivity contribution is 0.278. The zero-order chi connectivity index (χ0) is 18.0. The molecule has 2 heteroatoms. The Kier molecular flexibility index (Phi) is 5.48. The highest BCUT2D eigenvalue weighted by Gasteiger charge is 2.15. The van der Waals surface area contributed by atoms with Crippen LogP contribution in [-0.4, -0.2) is 29.1 Å². The van der Waals surface area contributed by atoms with E-state index in [2.05, 4.69) is 74.5 Å². The lowest BCUT2D eigenvalue weighted by atomic mass is 9.99. The highest BCUT2D eigenvalue weighted by molar-refractivity contribution is 6.12. The minimum absolute atomic E-state index is 1.13. The van der Waals surface area contributed by atoms with Gasteiger partial charge in [0.05, 0.1) is 5.52 Å². The summed E-state index contributed by atoms with van der Waals surface area (Å²) in [5.74, 6) is 0. The van der Waals surface area contributed by atoms with Crippen LogP contribution in [0.25, 0.3) is 21.8 Å². The van der Waals surface area contributed by atoms with Crippen molar-refractivity contribution in [1.29, 1.82) is 0 Å². The zero-order valence-corrected chi connectivity index (χ0v) is 16.5.